The predicted molar refractivity (Wildman–Crippen MR) is 59.0 cm³/mol. The average Bonchev–Trinajstić information content (AvgIpc) is 2.63. The molecule has 0 spiro atoms. The summed E-state index contributed by atoms with van der Waals surface area (Å²) in [4.78, 5) is 20.7. The zero-order valence-corrected chi connectivity index (χ0v) is 9.18. The van der Waals surface area contributed by atoms with E-state index < -0.39 is 0 Å². The van der Waals surface area contributed by atoms with Crippen LogP contribution in [-0.4, -0.2) is 34.1 Å². The van der Waals surface area contributed by atoms with E-state index in [4.69, 9.17) is 22.4 Å². The van der Waals surface area contributed by atoms with Gasteiger partial charge in [-0.3, -0.25) is 9.69 Å². The minimum Gasteiger partial charge on any atom is -0.396 e. The maximum atomic E-state index is 11.7. The Labute approximate surface area is 97.0 Å². The summed E-state index contributed by atoms with van der Waals surface area (Å²) in [6.07, 6.45) is 1.67. The van der Waals surface area contributed by atoms with Gasteiger partial charge in [-0.25, -0.2) is 4.98 Å². The second-order valence-electron chi connectivity index (χ2n) is 3.68. The number of carbonyl (C=O) groups excluding carboxylic acids is 1. The number of nitrogen functional groups attached to an aromatic ring is 1. The first-order valence-corrected chi connectivity index (χ1v) is 5.19. The zero-order valence-electron chi connectivity index (χ0n) is 8.43. The Morgan fingerprint density at radius 2 is 2.44 bits per heavy atom. The van der Waals surface area contributed by atoms with E-state index in [-0.39, 0.29) is 23.7 Å². The van der Waals surface area contributed by atoms with E-state index in [0.717, 1.165) is 0 Å². The van der Waals surface area contributed by atoms with Crippen LogP contribution in [0.4, 0.5) is 11.5 Å². The minimum absolute atomic E-state index is 0.0268. The van der Waals surface area contributed by atoms with Crippen LogP contribution in [0.25, 0.3) is 0 Å². The van der Waals surface area contributed by atoms with Gasteiger partial charge in [0.15, 0.2) is 5.82 Å². The first kappa shape index (κ1) is 11.1. The van der Waals surface area contributed by atoms with E-state index in [1.54, 1.807) is 0 Å². The van der Waals surface area contributed by atoms with Crippen LogP contribution < -0.4 is 10.6 Å². The number of halogens is 1. The van der Waals surface area contributed by atoms with E-state index in [2.05, 4.69) is 9.97 Å². The summed E-state index contributed by atoms with van der Waals surface area (Å²) in [5, 5.41) is 9.05. The predicted octanol–water partition coefficient (Wildman–Crippen LogP) is 0.0574. The van der Waals surface area contributed by atoms with Gasteiger partial charge in [-0.1, -0.05) is 0 Å². The maximum Gasteiger partial charge on any atom is 0.228 e. The lowest BCUT2D eigenvalue weighted by Crippen LogP contribution is -2.27. The number of nitrogens with two attached hydrogens (primary N) is 1. The Hall–Kier alpha value is -1.40. The Morgan fingerprint density at radius 3 is 3.06 bits per heavy atom. The van der Waals surface area contributed by atoms with Gasteiger partial charge >= 0.3 is 0 Å². The highest BCUT2D eigenvalue weighted by atomic mass is 35.5. The summed E-state index contributed by atoms with van der Waals surface area (Å²) in [6.45, 7) is 0.383. The zero-order chi connectivity index (χ0) is 11.7. The molecule has 1 amide bonds. The van der Waals surface area contributed by atoms with Gasteiger partial charge in [-0.15, -0.1) is 0 Å². The molecule has 0 radical (unpaired) electrons. The topological polar surface area (TPSA) is 92.3 Å². The van der Waals surface area contributed by atoms with E-state index in [0.29, 0.717) is 24.5 Å². The third-order valence-electron chi connectivity index (χ3n) is 2.49. The molecule has 86 valence electrons. The molecule has 1 aliphatic heterocycles. The summed E-state index contributed by atoms with van der Waals surface area (Å²) in [5.74, 6) is 0.141. The van der Waals surface area contributed by atoms with Crippen LogP contribution in [0.15, 0.2) is 6.20 Å². The summed E-state index contributed by atoms with van der Waals surface area (Å²) < 4.78 is 0. The first-order valence-electron chi connectivity index (χ1n) is 4.81. The Bertz CT molecular complexity index is 426. The normalized spacial score (nSPS) is 20.5. The number of hydrogen-bond donors (Lipinski definition) is 2. The molecule has 1 saturated heterocycles. The van der Waals surface area contributed by atoms with Crippen LogP contribution in [0.5, 0.6) is 0 Å². The Morgan fingerprint density at radius 1 is 1.69 bits per heavy atom. The quantitative estimate of drug-likeness (QED) is 0.716. The van der Waals surface area contributed by atoms with Gasteiger partial charge in [-0.05, 0) is 11.6 Å². The smallest absolute Gasteiger partial charge is 0.228 e. The lowest BCUT2D eigenvalue weighted by molar-refractivity contribution is -0.117. The molecule has 0 bridgehead atoms. The first-order chi connectivity index (χ1) is 7.61. The molecule has 1 aromatic heterocycles. The number of hydrogen-bond acceptors (Lipinski definition) is 5. The molecule has 1 unspecified atom stereocenters. The molecule has 3 N–H and O–H groups in total. The molecule has 1 aliphatic rings. The van der Waals surface area contributed by atoms with Gasteiger partial charge in [-0.2, -0.15) is 4.98 Å². The number of rotatable bonds is 2. The van der Waals surface area contributed by atoms with Crippen LogP contribution in [0.1, 0.15) is 6.42 Å². The fraction of sp³-hybridized carbons (Fsp3) is 0.444. The molecule has 7 heteroatoms. The molecular weight excluding hydrogens is 232 g/mol. The van der Waals surface area contributed by atoms with Crippen molar-refractivity contribution in [2.45, 2.75) is 6.42 Å². The second kappa shape index (κ2) is 4.23. The number of aromatic nitrogens is 2. The summed E-state index contributed by atoms with van der Waals surface area (Å²) in [6, 6.07) is 0. The van der Waals surface area contributed by atoms with E-state index in [1.807, 2.05) is 0 Å². The molecule has 0 aromatic carbocycles. The lowest BCUT2D eigenvalue weighted by atomic mass is 10.1. The molecule has 2 heterocycles. The number of aliphatic hydroxyl groups excluding tert-OH is 1. The monoisotopic (exact) mass is 242 g/mol. The van der Waals surface area contributed by atoms with Crippen molar-refractivity contribution in [3.05, 3.63) is 11.5 Å². The van der Waals surface area contributed by atoms with E-state index in [1.165, 1.54) is 11.1 Å². The molecule has 1 atom stereocenters. The van der Waals surface area contributed by atoms with E-state index in [9.17, 15) is 4.79 Å². The van der Waals surface area contributed by atoms with Gasteiger partial charge in [0.2, 0.25) is 11.2 Å². The number of anilines is 2. The molecular formula is C9H11ClN4O2. The molecule has 1 fully saturated rings. The van der Waals surface area contributed by atoms with Crippen LogP contribution in [0.2, 0.25) is 5.28 Å². The lowest BCUT2D eigenvalue weighted by Gasteiger charge is -2.16. The second-order valence-corrected chi connectivity index (χ2v) is 4.01. The van der Waals surface area contributed by atoms with Crippen molar-refractivity contribution in [1.29, 1.82) is 0 Å². The van der Waals surface area contributed by atoms with E-state index >= 15 is 0 Å². The number of amides is 1. The van der Waals surface area contributed by atoms with Crippen LogP contribution in [-0.2, 0) is 4.79 Å². The molecule has 2 rings (SSSR count). The number of aliphatic hydroxyl groups is 1. The van der Waals surface area contributed by atoms with Gasteiger partial charge in [0, 0.05) is 25.5 Å². The molecule has 6 nitrogen and oxygen atoms in total. The summed E-state index contributed by atoms with van der Waals surface area (Å²) in [5.41, 5.74) is 5.98. The largest absolute Gasteiger partial charge is 0.396 e. The third kappa shape index (κ3) is 1.94. The molecule has 0 saturated carbocycles. The highest BCUT2D eigenvalue weighted by Gasteiger charge is 2.32. The highest BCUT2D eigenvalue weighted by Crippen LogP contribution is 2.27. The Kier molecular flexibility index (Phi) is 2.93. The van der Waals surface area contributed by atoms with Gasteiger partial charge in [0.1, 0.15) is 0 Å². The van der Waals surface area contributed by atoms with Crippen molar-refractivity contribution in [3.8, 4) is 0 Å². The fourth-order valence-electron chi connectivity index (χ4n) is 1.69. The van der Waals surface area contributed by atoms with Crippen molar-refractivity contribution in [2.24, 2.45) is 5.92 Å². The average molecular weight is 243 g/mol. The molecule has 1 aromatic rings. The summed E-state index contributed by atoms with van der Waals surface area (Å²) >= 11 is 5.65. The van der Waals surface area contributed by atoms with Crippen LogP contribution in [0.3, 0.4) is 0 Å². The highest BCUT2D eigenvalue weighted by molar-refractivity contribution is 6.28. The van der Waals surface area contributed by atoms with Crippen molar-refractivity contribution in [3.63, 3.8) is 0 Å². The third-order valence-corrected chi connectivity index (χ3v) is 2.67. The SMILES string of the molecule is Nc1cnc(Cl)nc1N1CC(CO)CC1=O. The molecule has 0 aliphatic carbocycles. The Balaban J connectivity index is 2.30. The number of carbonyl (C=O) groups is 1. The maximum absolute atomic E-state index is 11.7. The van der Waals surface area contributed by atoms with Gasteiger partial charge < -0.3 is 10.8 Å². The fourth-order valence-corrected chi connectivity index (χ4v) is 1.81. The van der Waals surface area contributed by atoms with Crippen molar-refractivity contribution in [2.75, 3.05) is 23.8 Å². The van der Waals surface area contributed by atoms with Crippen LogP contribution in [0, 0.1) is 5.92 Å². The number of nitrogens with zero attached hydrogens (tertiary/aromatic N) is 3. The van der Waals surface area contributed by atoms with Crippen LogP contribution >= 0.6 is 11.6 Å². The molecule has 16 heavy (non-hydrogen) atoms. The standard InChI is InChI=1S/C9H11ClN4O2/c10-9-12-2-6(11)8(13-9)14-3-5(4-15)1-7(14)16/h2,5,15H,1,3-4,11H2. The van der Waals surface area contributed by atoms with Crippen molar-refractivity contribution in [1.82, 2.24) is 9.97 Å². The van der Waals surface area contributed by atoms with Crippen molar-refractivity contribution >= 4 is 29.0 Å². The van der Waals surface area contributed by atoms with Gasteiger partial charge in [0.05, 0.1) is 11.9 Å². The van der Waals surface area contributed by atoms with Crippen molar-refractivity contribution < 1.29 is 9.90 Å². The van der Waals surface area contributed by atoms with Gasteiger partial charge in [0.25, 0.3) is 0 Å². The minimum atomic E-state index is -0.111. The summed E-state index contributed by atoms with van der Waals surface area (Å²) in [7, 11) is 0.